The molecule has 0 aromatic heterocycles. The fraction of sp³-hybridized carbons (Fsp3) is 0.400. The van der Waals surface area contributed by atoms with E-state index in [0.717, 1.165) is 11.1 Å². The minimum absolute atomic E-state index is 0.0374. The van der Waals surface area contributed by atoms with Gasteiger partial charge in [0.15, 0.2) is 0 Å². The van der Waals surface area contributed by atoms with E-state index in [4.69, 9.17) is 5.11 Å². The number of sulfonamides is 1. The van der Waals surface area contributed by atoms with E-state index in [0.29, 0.717) is 0 Å². The maximum atomic E-state index is 11.7. The number of aliphatic hydroxyl groups excluding tert-OH is 1. The van der Waals surface area contributed by atoms with Crippen LogP contribution in [0.5, 0.6) is 0 Å². The van der Waals surface area contributed by atoms with Crippen molar-refractivity contribution in [1.29, 1.82) is 0 Å². The maximum absolute atomic E-state index is 11.7. The summed E-state index contributed by atoms with van der Waals surface area (Å²) in [4.78, 5) is 0.274. The average Bonchev–Trinajstić information content (AvgIpc) is 2.19. The highest BCUT2D eigenvalue weighted by molar-refractivity contribution is 7.89. The molecular formula is C10H15NO3S. The monoisotopic (exact) mass is 229 g/mol. The fourth-order valence-electron chi connectivity index (χ4n) is 1.27. The topological polar surface area (TPSA) is 66.4 Å². The average molecular weight is 229 g/mol. The number of benzene rings is 1. The zero-order valence-corrected chi connectivity index (χ0v) is 9.63. The molecular weight excluding hydrogens is 214 g/mol. The molecule has 0 saturated carbocycles. The Morgan fingerprint density at radius 2 is 2.00 bits per heavy atom. The molecule has 0 aliphatic carbocycles. The van der Waals surface area contributed by atoms with Crippen molar-refractivity contribution in [2.75, 3.05) is 13.2 Å². The Balaban J connectivity index is 3.10. The van der Waals surface area contributed by atoms with Crippen molar-refractivity contribution in [1.82, 2.24) is 4.72 Å². The van der Waals surface area contributed by atoms with Gasteiger partial charge in [-0.15, -0.1) is 0 Å². The second-order valence-corrected chi connectivity index (χ2v) is 5.05. The number of nitrogens with one attached hydrogen (secondary N) is 1. The van der Waals surface area contributed by atoms with E-state index in [2.05, 4.69) is 4.72 Å². The van der Waals surface area contributed by atoms with Gasteiger partial charge in [-0.2, -0.15) is 0 Å². The molecule has 1 aromatic rings. The quantitative estimate of drug-likeness (QED) is 0.793. The number of aryl methyl sites for hydroxylation is 1. The SMILES string of the molecule is Cc1cccc(S(=O)(=O)NCCO)c1C. The summed E-state index contributed by atoms with van der Waals surface area (Å²) in [5.41, 5.74) is 1.67. The molecule has 0 fully saturated rings. The molecule has 0 atom stereocenters. The summed E-state index contributed by atoms with van der Waals surface area (Å²) in [7, 11) is -3.49. The van der Waals surface area contributed by atoms with Gasteiger partial charge in [0.05, 0.1) is 11.5 Å². The number of hydrogen-bond donors (Lipinski definition) is 2. The van der Waals surface area contributed by atoms with Crippen LogP contribution in [0.4, 0.5) is 0 Å². The summed E-state index contributed by atoms with van der Waals surface area (Å²) in [6.45, 7) is 3.46. The van der Waals surface area contributed by atoms with Gasteiger partial charge in [0.1, 0.15) is 0 Å². The summed E-state index contributed by atoms with van der Waals surface area (Å²) >= 11 is 0. The van der Waals surface area contributed by atoms with Crippen molar-refractivity contribution >= 4 is 10.0 Å². The smallest absolute Gasteiger partial charge is 0.240 e. The highest BCUT2D eigenvalue weighted by Gasteiger charge is 2.16. The van der Waals surface area contributed by atoms with E-state index in [1.54, 1.807) is 19.1 Å². The first-order valence-corrected chi connectivity index (χ1v) is 6.14. The molecule has 5 heteroatoms. The lowest BCUT2D eigenvalue weighted by molar-refractivity contribution is 0.301. The van der Waals surface area contributed by atoms with Crippen molar-refractivity contribution in [2.24, 2.45) is 0 Å². The number of aliphatic hydroxyl groups is 1. The van der Waals surface area contributed by atoms with E-state index in [-0.39, 0.29) is 18.0 Å². The Kier molecular flexibility index (Phi) is 3.84. The molecule has 0 spiro atoms. The second kappa shape index (κ2) is 4.74. The van der Waals surface area contributed by atoms with E-state index < -0.39 is 10.0 Å². The van der Waals surface area contributed by atoms with E-state index in [1.807, 2.05) is 13.0 Å². The van der Waals surface area contributed by atoms with Gasteiger partial charge in [0, 0.05) is 6.54 Å². The predicted octanol–water partition coefficient (Wildman–Crippen LogP) is 0.574. The van der Waals surface area contributed by atoms with Crippen LogP contribution in [-0.4, -0.2) is 26.7 Å². The molecule has 0 unspecified atom stereocenters. The normalized spacial score (nSPS) is 11.7. The molecule has 4 nitrogen and oxygen atoms in total. The first-order chi connectivity index (χ1) is 6.99. The van der Waals surface area contributed by atoms with Gasteiger partial charge in [-0.25, -0.2) is 13.1 Å². The van der Waals surface area contributed by atoms with Crippen molar-refractivity contribution in [2.45, 2.75) is 18.7 Å². The summed E-state index contributed by atoms with van der Waals surface area (Å²) in [6, 6.07) is 5.12. The molecule has 1 rings (SSSR count). The van der Waals surface area contributed by atoms with Crippen LogP contribution in [0.25, 0.3) is 0 Å². The molecule has 0 aliphatic heterocycles. The third kappa shape index (κ3) is 2.77. The minimum Gasteiger partial charge on any atom is -0.395 e. The molecule has 0 radical (unpaired) electrons. The fourth-order valence-corrected chi connectivity index (χ4v) is 2.61. The molecule has 0 amide bonds. The van der Waals surface area contributed by atoms with Crippen molar-refractivity contribution < 1.29 is 13.5 Å². The first kappa shape index (κ1) is 12.2. The predicted molar refractivity (Wildman–Crippen MR) is 58.2 cm³/mol. The van der Waals surface area contributed by atoms with Crippen molar-refractivity contribution in [3.63, 3.8) is 0 Å². The lowest BCUT2D eigenvalue weighted by Crippen LogP contribution is -2.27. The summed E-state index contributed by atoms with van der Waals surface area (Å²) in [5, 5.41) is 8.57. The molecule has 84 valence electrons. The van der Waals surface area contributed by atoms with Crippen LogP contribution >= 0.6 is 0 Å². The van der Waals surface area contributed by atoms with E-state index >= 15 is 0 Å². The number of hydrogen-bond acceptors (Lipinski definition) is 3. The molecule has 15 heavy (non-hydrogen) atoms. The Hall–Kier alpha value is -0.910. The largest absolute Gasteiger partial charge is 0.395 e. The van der Waals surface area contributed by atoms with E-state index in [1.165, 1.54) is 0 Å². The third-order valence-corrected chi connectivity index (χ3v) is 3.85. The highest BCUT2D eigenvalue weighted by atomic mass is 32.2. The van der Waals surface area contributed by atoms with Gasteiger partial charge >= 0.3 is 0 Å². The lowest BCUT2D eigenvalue weighted by atomic mass is 10.1. The van der Waals surface area contributed by atoms with Gasteiger partial charge in [-0.1, -0.05) is 12.1 Å². The van der Waals surface area contributed by atoms with Crippen molar-refractivity contribution in [3.05, 3.63) is 29.3 Å². The van der Waals surface area contributed by atoms with Gasteiger partial charge in [-0.3, -0.25) is 0 Å². The lowest BCUT2D eigenvalue weighted by Gasteiger charge is -2.09. The molecule has 0 heterocycles. The van der Waals surface area contributed by atoms with Crippen LogP contribution in [0.3, 0.4) is 0 Å². The summed E-state index contributed by atoms with van der Waals surface area (Å²) < 4.78 is 25.8. The zero-order valence-electron chi connectivity index (χ0n) is 8.82. The van der Waals surface area contributed by atoms with Gasteiger partial charge in [-0.05, 0) is 31.0 Å². The van der Waals surface area contributed by atoms with Crippen LogP contribution in [-0.2, 0) is 10.0 Å². The summed E-state index contributed by atoms with van der Waals surface area (Å²) in [5.74, 6) is 0. The van der Waals surface area contributed by atoms with Gasteiger partial charge in [0.2, 0.25) is 10.0 Å². The van der Waals surface area contributed by atoms with Crippen LogP contribution in [0.2, 0.25) is 0 Å². The van der Waals surface area contributed by atoms with Crippen LogP contribution in [0, 0.1) is 13.8 Å². The first-order valence-electron chi connectivity index (χ1n) is 4.66. The van der Waals surface area contributed by atoms with Crippen LogP contribution < -0.4 is 4.72 Å². The Morgan fingerprint density at radius 3 is 2.60 bits per heavy atom. The van der Waals surface area contributed by atoms with Gasteiger partial charge < -0.3 is 5.11 Å². The second-order valence-electron chi connectivity index (χ2n) is 3.32. The minimum atomic E-state index is -3.49. The Bertz CT molecular complexity index is 440. The zero-order chi connectivity index (χ0) is 11.5. The van der Waals surface area contributed by atoms with Crippen molar-refractivity contribution in [3.8, 4) is 0 Å². The standard InChI is InChI=1S/C10H15NO3S/c1-8-4-3-5-10(9(8)2)15(13,14)11-6-7-12/h3-5,11-12H,6-7H2,1-2H3. The molecule has 1 aromatic carbocycles. The van der Waals surface area contributed by atoms with Gasteiger partial charge in [0.25, 0.3) is 0 Å². The molecule has 0 bridgehead atoms. The highest BCUT2D eigenvalue weighted by Crippen LogP contribution is 2.17. The molecule has 2 N–H and O–H groups in total. The molecule has 0 aliphatic rings. The number of rotatable bonds is 4. The third-order valence-electron chi connectivity index (χ3n) is 2.25. The van der Waals surface area contributed by atoms with Crippen LogP contribution in [0.1, 0.15) is 11.1 Å². The maximum Gasteiger partial charge on any atom is 0.240 e. The Labute approximate surface area is 90.0 Å². The van der Waals surface area contributed by atoms with Crippen LogP contribution in [0.15, 0.2) is 23.1 Å². The Morgan fingerprint density at radius 1 is 1.33 bits per heavy atom. The van der Waals surface area contributed by atoms with E-state index in [9.17, 15) is 8.42 Å². The summed E-state index contributed by atoms with van der Waals surface area (Å²) in [6.07, 6.45) is 0. The molecule has 0 saturated heterocycles.